The largest absolute Gasteiger partial charge is 0.378 e. The van der Waals surface area contributed by atoms with Gasteiger partial charge in [-0.2, -0.15) is 0 Å². The highest BCUT2D eigenvalue weighted by atomic mass is 16.5. The molecule has 1 heterocycles. The normalized spacial score (nSPS) is 20.1. The maximum atomic E-state index is 5.67. The van der Waals surface area contributed by atoms with Crippen molar-refractivity contribution in [3.8, 4) is 0 Å². The Kier molecular flexibility index (Phi) is 5.65. The molecule has 1 saturated heterocycles. The highest BCUT2D eigenvalue weighted by Gasteiger charge is 2.12. The van der Waals surface area contributed by atoms with Crippen LogP contribution in [0.15, 0.2) is 35.3 Å². The van der Waals surface area contributed by atoms with E-state index < -0.39 is 0 Å². The molecule has 1 unspecified atom stereocenters. The Bertz CT molecular complexity index is 388. The Morgan fingerprint density at radius 3 is 2.84 bits per heavy atom. The molecule has 1 aromatic carbocycles. The highest BCUT2D eigenvalue weighted by molar-refractivity contribution is 5.93. The van der Waals surface area contributed by atoms with Gasteiger partial charge in [-0.05, 0) is 37.8 Å². The van der Waals surface area contributed by atoms with Gasteiger partial charge in [0.05, 0.1) is 6.10 Å². The van der Waals surface area contributed by atoms with Gasteiger partial charge in [0.15, 0.2) is 0 Å². The van der Waals surface area contributed by atoms with Crippen LogP contribution in [0, 0.1) is 0 Å². The molecule has 0 aliphatic carbocycles. The van der Waals surface area contributed by atoms with E-state index in [1.807, 2.05) is 30.3 Å². The number of para-hydroxylation sites is 1. The van der Waals surface area contributed by atoms with Crippen LogP contribution < -0.4 is 16.6 Å². The number of nitrogens with zero attached hydrogens (tertiary/aromatic N) is 1. The van der Waals surface area contributed by atoms with E-state index in [0.29, 0.717) is 18.6 Å². The van der Waals surface area contributed by atoms with Crippen molar-refractivity contribution in [2.24, 2.45) is 10.8 Å². The van der Waals surface area contributed by atoms with Crippen LogP contribution in [0.5, 0.6) is 0 Å². The number of anilines is 1. The summed E-state index contributed by atoms with van der Waals surface area (Å²) in [6.07, 6.45) is 4.89. The molecule has 1 fully saturated rings. The van der Waals surface area contributed by atoms with E-state index in [1.165, 1.54) is 12.8 Å². The van der Waals surface area contributed by atoms with E-state index >= 15 is 0 Å². The van der Waals surface area contributed by atoms with Crippen molar-refractivity contribution < 1.29 is 4.74 Å². The standard InChI is InChI=1S/C14H22N4O/c15-18-14(17-12-6-2-1-3-7-12)16-10-9-13-8-4-5-11-19-13/h1-3,6-7,13H,4-5,8-11,15H2,(H2,16,17,18). The highest BCUT2D eigenvalue weighted by Crippen LogP contribution is 2.15. The van der Waals surface area contributed by atoms with Gasteiger partial charge in [0, 0.05) is 18.8 Å². The number of benzene rings is 1. The molecule has 2 rings (SSSR count). The maximum Gasteiger partial charge on any atom is 0.210 e. The first-order valence-corrected chi connectivity index (χ1v) is 6.83. The number of nitrogens with one attached hydrogen (secondary N) is 2. The zero-order valence-electron chi connectivity index (χ0n) is 11.1. The number of hydrogen-bond donors (Lipinski definition) is 3. The predicted octanol–water partition coefficient (Wildman–Crippen LogP) is 1.88. The molecule has 1 aliphatic rings. The molecule has 0 radical (unpaired) electrons. The van der Waals surface area contributed by atoms with Crippen LogP contribution in [0.1, 0.15) is 25.7 Å². The van der Waals surface area contributed by atoms with Crippen LogP contribution in [0.4, 0.5) is 5.69 Å². The summed E-state index contributed by atoms with van der Waals surface area (Å²) in [6, 6.07) is 9.84. The summed E-state index contributed by atoms with van der Waals surface area (Å²) in [5, 5.41) is 3.14. The second kappa shape index (κ2) is 7.76. The number of nitrogens with two attached hydrogens (primary N) is 1. The third-order valence-corrected chi connectivity index (χ3v) is 3.17. The van der Waals surface area contributed by atoms with Gasteiger partial charge in [-0.3, -0.25) is 10.4 Å². The average Bonchev–Trinajstić information content (AvgIpc) is 2.48. The summed E-state index contributed by atoms with van der Waals surface area (Å²) >= 11 is 0. The Labute approximate surface area is 114 Å². The lowest BCUT2D eigenvalue weighted by atomic mass is 10.1. The molecule has 1 aliphatic heterocycles. The van der Waals surface area contributed by atoms with E-state index in [-0.39, 0.29) is 0 Å². The van der Waals surface area contributed by atoms with Gasteiger partial charge >= 0.3 is 0 Å². The zero-order chi connectivity index (χ0) is 13.3. The summed E-state index contributed by atoms with van der Waals surface area (Å²) in [7, 11) is 0. The third-order valence-electron chi connectivity index (χ3n) is 3.17. The van der Waals surface area contributed by atoms with Gasteiger partial charge in [-0.1, -0.05) is 18.2 Å². The fraction of sp³-hybridized carbons (Fsp3) is 0.500. The number of rotatable bonds is 4. The van der Waals surface area contributed by atoms with Crippen LogP contribution in [0.3, 0.4) is 0 Å². The summed E-state index contributed by atoms with van der Waals surface area (Å²) in [4.78, 5) is 4.42. The molecule has 0 saturated carbocycles. The molecule has 0 amide bonds. The van der Waals surface area contributed by atoms with Crippen molar-refractivity contribution in [2.75, 3.05) is 18.5 Å². The molecule has 0 aromatic heterocycles. The van der Waals surface area contributed by atoms with E-state index in [1.54, 1.807) is 0 Å². The number of ether oxygens (including phenoxy) is 1. The summed E-state index contributed by atoms with van der Waals surface area (Å²) in [5.74, 6) is 6.05. The Morgan fingerprint density at radius 2 is 2.16 bits per heavy atom. The molecule has 1 aromatic rings. The molecule has 5 heteroatoms. The molecule has 1 atom stereocenters. The third kappa shape index (κ3) is 4.89. The number of hydrogen-bond acceptors (Lipinski definition) is 3. The van der Waals surface area contributed by atoms with Gasteiger partial charge in [0.1, 0.15) is 0 Å². The first kappa shape index (κ1) is 13.8. The molecular formula is C14H22N4O. The van der Waals surface area contributed by atoms with Crippen LogP contribution in [-0.4, -0.2) is 25.2 Å². The van der Waals surface area contributed by atoms with Crippen molar-refractivity contribution in [3.63, 3.8) is 0 Å². The monoisotopic (exact) mass is 262 g/mol. The zero-order valence-corrected chi connectivity index (χ0v) is 11.1. The first-order chi connectivity index (χ1) is 9.38. The minimum absolute atomic E-state index is 0.355. The topological polar surface area (TPSA) is 71.7 Å². The van der Waals surface area contributed by atoms with Gasteiger partial charge < -0.3 is 10.1 Å². The van der Waals surface area contributed by atoms with Crippen LogP contribution in [-0.2, 0) is 4.74 Å². The molecule has 4 N–H and O–H groups in total. The van der Waals surface area contributed by atoms with Gasteiger partial charge in [-0.15, -0.1) is 0 Å². The molecule has 0 spiro atoms. The minimum Gasteiger partial charge on any atom is -0.378 e. The van der Waals surface area contributed by atoms with Crippen molar-refractivity contribution in [1.82, 2.24) is 5.43 Å². The summed E-state index contributed by atoms with van der Waals surface area (Å²) in [5.41, 5.74) is 3.55. The van der Waals surface area contributed by atoms with E-state index in [0.717, 1.165) is 25.1 Å². The lowest BCUT2D eigenvalue weighted by Crippen LogP contribution is -2.36. The molecule has 0 bridgehead atoms. The Balaban J connectivity index is 1.78. The van der Waals surface area contributed by atoms with E-state index in [4.69, 9.17) is 10.6 Å². The van der Waals surface area contributed by atoms with Gasteiger partial charge in [-0.25, -0.2) is 5.84 Å². The summed E-state index contributed by atoms with van der Waals surface area (Å²) in [6.45, 7) is 1.60. The van der Waals surface area contributed by atoms with Crippen molar-refractivity contribution in [2.45, 2.75) is 31.8 Å². The van der Waals surface area contributed by atoms with Crippen LogP contribution >= 0.6 is 0 Å². The maximum absolute atomic E-state index is 5.67. The molecular weight excluding hydrogens is 240 g/mol. The predicted molar refractivity (Wildman–Crippen MR) is 77.9 cm³/mol. The van der Waals surface area contributed by atoms with Crippen LogP contribution in [0.25, 0.3) is 0 Å². The molecule has 104 valence electrons. The number of guanidine groups is 1. The second-order valence-electron chi connectivity index (χ2n) is 4.64. The number of aliphatic imine (C=N–C) groups is 1. The quantitative estimate of drug-likeness (QED) is 0.335. The lowest BCUT2D eigenvalue weighted by molar-refractivity contribution is 0.0129. The van der Waals surface area contributed by atoms with Gasteiger partial charge in [0.25, 0.3) is 0 Å². The lowest BCUT2D eigenvalue weighted by Gasteiger charge is -2.21. The average molecular weight is 262 g/mol. The molecule has 5 nitrogen and oxygen atoms in total. The smallest absolute Gasteiger partial charge is 0.210 e. The Hall–Kier alpha value is -1.59. The van der Waals surface area contributed by atoms with Crippen molar-refractivity contribution in [1.29, 1.82) is 0 Å². The van der Waals surface area contributed by atoms with E-state index in [2.05, 4.69) is 15.7 Å². The van der Waals surface area contributed by atoms with Gasteiger partial charge in [0.2, 0.25) is 5.96 Å². The minimum atomic E-state index is 0.355. The fourth-order valence-corrected chi connectivity index (χ4v) is 2.13. The SMILES string of the molecule is NNC(=NCCC1CCCCO1)Nc1ccccc1. The fourth-order valence-electron chi connectivity index (χ4n) is 2.13. The van der Waals surface area contributed by atoms with E-state index in [9.17, 15) is 0 Å². The second-order valence-corrected chi connectivity index (χ2v) is 4.64. The molecule has 19 heavy (non-hydrogen) atoms. The first-order valence-electron chi connectivity index (χ1n) is 6.83. The van der Waals surface area contributed by atoms with Crippen molar-refractivity contribution >= 4 is 11.6 Å². The Morgan fingerprint density at radius 1 is 1.32 bits per heavy atom. The summed E-state index contributed by atoms with van der Waals surface area (Å²) < 4.78 is 5.67. The van der Waals surface area contributed by atoms with Crippen molar-refractivity contribution in [3.05, 3.63) is 30.3 Å². The number of hydrazine groups is 1. The van der Waals surface area contributed by atoms with Crippen LogP contribution in [0.2, 0.25) is 0 Å².